The Balaban J connectivity index is 0.00000124. The average Bonchev–Trinajstić information content (AvgIpc) is 3.23. The average molecular weight is 691 g/mol. The third-order valence-electron chi connectivity index (χ3n) is 11.3. The van der Waals surface area contributed by atoms with Crippen molar-refractivity contribution in [2.45, 2.75) is 26.2 Å². The van der Waals surface area contributed by atoms with Gasteiger partial charge in [-0.25, -0.2) is 0 Å². The molecular formula is C54H42. The van der Waals surface area contributed by atoms with Crippen molar-refractivity contribution in [2.75, 3.05) is 0 Å². The summed E-state index contributed by atoms with van der Waals surface area (Å²) in [6, 6.07) is 67.3. The van der Waals surface area contributed by atoms with Crippen molar-refractivity contribution < 1.29 is 0 Å². The van der Waals surface area contributed by atoms with Crippen LogP contribution in [0, 0.1) is 0 Å². The van der Waals surface area contributed by atoms with Gasteiger partial charge in [-0.3, -0.25) is 0 Å². The molecule has 1 aliphatic carbocycles. The Morgan fingerprint density at radius 1 is 0.352 bits per heavy atom. The second-order valence-corrected chi connectivity index (χ2v) is 14.8. The Morgan fingerprint density at radius 3 is 1.41 bits per heavy atom. The maximum atomic E-state index is 3.36. The third-order valence-corrected chi connectivity index (χ3v) is 11.3. The SMILES string of the molecule is C=CC.CC1(C)c2ccccc2-c2ccc(-c3c4ccccc4c(-c4ccccc4-c4ccc(-c5ccccc5)cc4)c4ccccc34)c3cccc1c23. The van der Waals surface area contributed by atoms with Crippen LogP contribution in [0.2, 0.25) is 0 Å². The maximum absolute atomic E-state index is 3.36. The first kappa shape index (κ1) is 33.3. The number of allylic oxidation sites excluding steroid dienone is 1. The van der Waals surface area contributed by atoms with Crippen molar-refractivity contribution in [1.82, 2.24) is 0 Å². The molecule has 0 bridgehead atoms. The monoisotopic (exact) mass is 690 g/mol. The Hall–Kier alpha value is -6.50. The summed E-state index contributed by atoms with van der Waals surface area (Å²) in [5, 5.41) is 7.78. The van der Waals surface area contributed by atoms with E-state index in [1.807, 2.05) is 6.92 Å². The fourth-order valence-electron chi connectivity index (χ4n) is 8.91. The van der Waals surface area contributed by atoms with Gasteiger partial charge in [-0.2, -0.15) is 0 Å². The van der Waals surface area contributed by atoms with E-state index in [4.69, 9.17) is 0 Å². The highest BCUT2D eigenvalue weighted by atomic mass is 14.4. The van der Waals surface area contributed by atoms with Crippen molar-refractivity contribution in [3.63, 3.8) is 0 Å². The number of benzene rings is 9. The summed E-state index contributed by atoms with van der Waals surface area (Å²) >= 11 is 0. The highest BCUT2D eigenvalue weighted by molar-refractivity contribution is 6.25. The van der Waals surface area contributed by atoms with Gasteiger partial charge in [0.15, 0.2) is 0 Å². The molecule has 0 heterocycles. The summed E-state index contributed by atoms with van der Waals surface area (Å²) in [6.07, 6.45) is 1.75. The van der Waals surface area contributed by atoms with Crippen LogP contribution in [0.1, 0.15) is 31.9 Å². The minimum atomic E-state index is -0.0985. The van der Waals surface area contributed by atoms with Crippen LogP contribution in [0.3, 0.4) is 0 Å². The van der Waals surface area contributed by atoms with Gasteiger partial charge >= 0.3 is 0 Å². The summed E-state index contributed by atoms with van der Waals surface area (Å²) in [5.74, 6) is 0. The van der Waals surface area contributed by atoms with Gasteiger partial charge < -0.3 is 0 Å². The Kier molecular flexibility index (Phi) is 8.32. The standard InChI is InChI=1S/C51H36.C3H6/c1-51(2)46-25-13-12-18-37(46)44-31-32-45(43-24-14-26-47(51)50(43)44)49-41-22-10-8-20-39(41)48(40-21-9-11-23-42(40)49)38-19-7-6-17-36(38)35-29-27-34(28-30-35)33-15-4-3-5-16-33;1-3-2/h3-32H,1-2H3;3H,1H2,2H3. The Bertz CT molecular complexity index is 2800. The first-order valence-electron chi connectivity index (χ1n) is 18.9. The molecule has 258 valence electrons. The lowest BCUT2D eigenvalue weighted by atomic mass is 9.68. The molecule has 54 heavy (non-hydrogen) atoms. The maximum Gasteiger partial charge on any atom is 0.0159 e. The Morgan fingerprint density at radius 2 is 0.778 bits per heavy atom. The lowest BCUT2D eigenvalue weighted by Crippen LogP contribution is -2.23. The van der Waals surface area contributed by atoms with E-state index >= 15 is 0 Å². The summed E-state index contributed by atoms with van der Waals surface area (Å²) in [7, 11) is 0. The minimum absolute atomic E-state index is 0.0985. The molecule has 0 N–H and O–H groups in total. The van der Waals surface area contributed by atoms with Crippen LogP contribution in [-0.2, 0) is 5.41 Å². The quantitative estimate of drug-likeness (QED) is 0.127. The molecule has 0 nitrogen and oxygen atoms in total. The third kappa shape index (κ3) is 5.29. The second-order valence-electron chi connectivity index (χ2n) is 14.8. The smallest absolute Gasteiger partial charge is 0.0159 e. The van der Waals surface area contributed by atoms with Crippen LogP contribution in [0.5, 0.6) is 0 Å². The lowest BCUT2D eigenvalue weighted by Gasteiger charge is -2.35. The van der Waals surface area contributed by atoms with E-state index in [2.05, 4.69) is 202 Å². The van der Waals surface area contributed by atoms with Gasteiger partial charge in [0.05, 0.1) is 0 Å². The van der Waals surface area contributed by atoms with Crippen LogP contribution in [0.15, 0.2) is 195 Å². The zero-order chi connectivity index (χ0) is 36.8. The summed E-state index contributed by atoms with van der Waals surface area (Å²) in [5.41, 5.74) is 15.4. The molecule has 0 saturated heterocycles. The molecule has 0 amide bonds. The predicted molar refractivity (Wildman–Crippen MR) is 234 cm³/mol. The van der Waals surface area contributed by atoms with Gasteiger partial charge in [-0.1, -0.05) is 202 Å². The normalized spacial score (nSPS) is 12.6. The van der Waals surface area contributed by atoms with Gasteiger partial charge in [-0.15, -0.1) is 6.58 Å². The molecule has 0 radical (unpaired) electrons. The number of rotatable bonds is 4. The molecule has 0 atom stereocenters. The summed E-state index contributed by atoms with van der Waals surface area (Å²) in [4.78, 5) is 0. The molecule has 0 heteroatoms. The fourth-order valence-corrected chi connectivity index (χ4v) is 8.91. The van der Waals surface area contributed by atoms with E-state index in [1.165, 1.54) is 99.1 Å². The molecule has 0 fully saturated rings. The topological polar surface area (TPSA) is 0 Å². The second kappa shape index (κ2) is 13.5. The van der Waals surface area contributed by atoms with E-state index in [-0.39, 0.29) is 5.41 Å². The summed E-state index contributed by atoms with van der Waals surface area (Å²) in [6.45, 7) is 10.0. The largest absolute Gasteiger partial charge is 0.103 e. The van der Waals surface area contributed by atoms with E-state index in [1.54, 1.807) is 6.08 Å². The summed E-state index contributed by atoms with van der Waals surface area (Å²) < 4.78 is 0. The molecule has 9 aromatic rings. The van der Waals surface area contributed by atoms with Crippen LogP contribution in [0.25, 0.3) is 88.0 Å². The van der Waals surface area contributed by atoms with Crippen molar-refractivity contribution in [1.29, 1.82) is 0 Å². The van der Waals surface area contributed by atoms with Crippen molar-refractivity contribution in [3.8, 4) is 55.6 Å². The molecule has 0 saturated carbocycles. The van der Waals surface area contributed by atoms with E-state index in [0.717, 1.165) is 0 Å². The van der Waals surface area contributed by atoms with E-state index in [9.17, 15) is 0 Å². The first-order valence-corrected chi connectivity index (χ1v) is 18.9. The van der Waals surface area contributed by atoms with Crippen molar-refractivity contribution in [3.05, 3.63) is 206 Å². The van der Waals surface area contributed by atoms with Crippen LogP contribution in [0.4, 0.5) is 0 Å². The van der Waals surface area contributed by atoms with Gasteiger partial charge in [-0.05, 0) is 106 Å². The molecular weight excluding hydrogens is 649 g/mol. The molecule has 1 aliphatic rings. The van der Waals surface area contributed by atoms with E-state index in [0.29, 0.717) is 0 Å². The fraction of sp³-hybridized carbons (Fsp3) is 0.0741. The van der Waals surface area contributed by atoms with Crippen LogP contribution >= 0.6 is 0 Å². The van der Waals surface area contributed by atoms with Gasteiger partial charge in [0, 0.05) is 5.41 Å². The molecule has 9 aromatic carbocycles. The zero-order valence-corrected chi connectivity index (χ0v) is 31.1. The first-order chi connectivity index (χ1) is 26.5. The minimum Gasteiger partial charge on any atom is -0.103 e. The molecule has 0 aromatic heterocycles. The number of fused-ring (bicyclic) bond motifs is 4. The number of hydrogen-bond donors (Lipinski definition) is 0. The van der Waals surface area contributed by atoms with Crippen molar-refractivity contribution in [2.24, 2.45) is 0 Å². The Labute approximate surface area is 318 Å². The van der Waals surface area contributed by atoms with Crippen LogP contribution in [-0.4, -0.2) is 0 Å². The molecule has 10 rings (SSSR count). The van der Waals surface area contributed by atoms with Gasteiger partial charge in [0.2, 0.25) is 0 Å². The predicted octanol–water partition coefficient (Wildman–Crippen LogP) is 15.3. The molecule has 0 aliphatic heterocycles. The molecule has 0 unspecified atom stereocenters. The van der Waals surface area contributed by atoms with Gasteiger partial charge in [0.1, 0.15) is 0 Å². The van der Waals surface area contributed by atoms with E-state index < -0.39 is 0 Å². The van der Waals surface area contributed by atoms with Gasteiger partial charge in [0.25, 0.3) is 0 Å². The highest BCUT2D eigenvalue weighted by Crippen LogP contribution is 2.52. The lowest BCUT2D eigenvalue weighted by molar-refractivity contribution is 0.645. The molecule has 0 spiro atoms. The number of hydrogen-bond acceptors (Lipinski definition) is 0. The highest BCUT2D eigenvalue weighted by Gasteiger charge is 2.33. The zero-order valence-electron chi connectivity index (χ0n) is 31.1. The van der Waals surface area contributed by atoms with Crippen molar-refractivity contribution >= 4 is 32.3 Å². The van der Waals surface area contributed by atoms with Crippen LogP contribution < -0.4 is 0 Å².